The molecule has 4 atom stereocenters. The van der Waals surface area contributed by atoms with Gasteiger partial charge in [0.2, 0.25) is 0 Å². The van der Waals surface area contributed by atoms with Crippen LogP contribution in [0.3, 0.4) is 0 Å². The zero-order valence-corrected chi connectivity index (χ0v) is 31.7. The molecule has 0 bridgehead atoms. The van der Waals surface area contributed by atoms with E-state index in [1.165, 1.54) is 90.2 Å². The summed E-state index contributed by atoms with van der Waals surface area (Å²) >= 11 is 3.82. The maximum Gasteiger partial charge on any atom is 0.0541 e. The molecule has 0 saturated heterocycles. The smallest absolute Gasteiger partial charge is 0.0541 e. The van der Waals surface area contributed by atoms with E-state index < -0.39 is 0 Å². The summed E-state index contributed by atoms with van der Waals surface area (Å²) in [6, 6.07) is 46.0. The van der Waals surface area contributed by atoms with E-state index in [0.717, 1.165) is 6.42 Å². The van der Waals surface area contributed by atoms with Crippen molar-refractivity contribution in [1.29, 1.82) is 0 Å². The molecule has 0 saturated carbocycles. The number of hydrogen-bond donors (Lipinski definition) is 1. The molecule has 4 heterocycles. The van der Waals surface area contributed by atoms with Gasteiger partial charge in [-0.2, -0.15) is 0 Å². The minimum absolute atomic E-state index is 0.296. The van der Waals surface area contributed by atoms with E-state index in [4.69, 9.17) is 0 Å². The van der Waals surface area contributed by atoms with E-state index in [-0.39, 0.29) is 0 Å². The lowest BCUT2D eigenvalue weighted by Crippen LogP contribution is -2.42. The first-order valence-corrected chi connectivity index (χ1v) is 21.0. The van der Waals surface area contributed by atoms with Crippen LogP contribution in [0.5, 0.6) is 0 Å². The van der Waals surface area contributed by atoms with Gasteiger partial charge < -0.3 is 9.88 Å². The number of para-hydroxylation sites is 2. The van der Waals surface area contributed by atoms with Crippen molar-refractivity contribution in [1.82, 2.24) is 9.88 Å². The number of nitrogens with one attached hydrogen (secondary N) is 1. The minimum atomic E-state index is 0.296. The van der Waals surface area contributed by atoms with E-state index in [2.05, 4.69) is 186 Å². The van der Waals surface area contributed by atoms with E-state index in [1.807, 2.05) is 22.7 Å². The maximum atomic E-state index is 3.91. The Hall–Kier alpha value is -5.94. The first-order valence-electron chi connectivity index (χ1n) is 19.3. The normalized spacial score (nSPS) is 20.6. The van der Waals surface area contributed by atoms with Gasteiger partial charge in [-0.25, -0.2) is 0 Å². The molecular formula is C51H36N2S2. The van der Waals surface area contributed by atoms with E-state index in [0.29, 0.717) is 23.8 Å². The van der Waals surface area contributed by atoms with Crippen LogP contribution in [0, 0.1) is 11.8 Å². The fourth-order valence-electron chi connectivity index (χ4n) is 9.59. The van der Waals surface area contributed by atoms with Gasteiger partial charge in [-0.1, -0.05) is 127 Å². The number of aromatic nitrogens is 1. The standard InChI is InChI=1S/C51H36N2S2/c1-2-11-31(12-3-1)44-30-41(35-13-4-7-17-43(35)52-44)39-16-10-20-48-51(39)40-25-22-33(28-50(40)55-48)32-21-24-38-42-29-34(23-26-47(42)54-49(38)27-32)53-45-18-8-5-14-36(45)37-15-6-9-19-46(37)53/h1-11,13-31,35,41,43,52H,12H2. The molecule has 2 nitrogen and oxygen atoms in total. The number of hydrogen-bond acceptors (Lipinski definition) is 3. The lowest BCUT2D eigenvalue weighted by atomic mass is 9.74. The molecule has 12 rings (SSSR count). The predicted molar refractivity (Wildman–Crippen MR) is 238 cm³/mol. The lowest BCUT2D eigenvalue weighted by Gasteiger charge is -2.39. The van der Waals surface area contributed by atoms with Crippen molar-refractivity contribution in [2.45, 2.75) is 18.4 Å². The SMILES string of the molecule is C1=CCC(C2=CC(c3cccc4sc5cc(-c6ccc7c(c6)sc6ccc(-n8c9ccccc9c9ccccc98)cc67)ccc5c34)C3C=CC=CC3N2)C=C1. The Kier molecular flexibility index (Phi) is 7.02. The topological polar surface area (TPSA) is 17.0 Å². The van der Waals surface area contributed by atoms with Crippen molar-refractivity contribution in [3.05, 3.63) is 187 Å². The van der Waals surface area contributed by atoms with Crippen molar-refractivity contribution in [2.75, 3.05) is 0 Å². The molecule has 0 spiro atoms. The van der Waals surface area contributed by atoms with Gasteiger partial charge in [-0.3, -0.25) is 0 Å². The summed E-state index contributed by atoms with van der Waals surface area (Å²) in [4.78, 5) is 0. The lowest BCUT2D eigenvalue weighted by molar-refractivity contribution is 0.418. The van der Waals surface area contributed by atoms with Crippen molar-refractivity contribution < 1.29 is 0 Å². The van der Waals surface area contributed by atoms with Crippen LogP contribution < -0.4 is 5.32 Å². The van der Waals surface area contributed by atoms with Crippen LogP contribution in [0.15, 0.2) is 182 Å². The number of nitrogens with zero attached hydrogens (tertiary/aromatic N) is 1. The molecule has 1 N–H and O–H groups in total. The third-order valence-corrected chi connectivity index (χ3v) is 14.4. The monoisotopic (exact) mass is 740 g/mol. The van der Waals surface area contributed by atoms with Gasteiger partial charge >= 0.3 is 0 Å². The zero-order chi connectivity index (χ0) is 36.0. The predicted octanol–water partition coefficient (Wildman–Crippen LogP) is 14.0. The van der Waals surface area contributed by atoms with Crippen LogP contribution in [0.4, 0.5) is 0 Å². The van der Waals surface area contributed by atoms with Crippen LogP contribution >= 0.6 is 22.7 Å². The maximum absolute atomic E-state index is 3.91. The second kappa shape index (κ2) is 12.3. The zero-order valence-electron chi connectivity index (χ0n) is 30.0. The molecule has 4 heteroatoms. The molecule has 55 heavy (non-hydrogen) atoms. The molecule has 1 aliphatic heterocycles. The summed E-state index contributed by atoms with van der Waals surface area (Å²) < 4.78 is 7.78. The number of rotatable bonds is 4. The quantitative estimate of drug-likeness (QED) is 0.190. The van der Waals surface area contributed by atoms with Gasteiger partial charge in [0.05, 0.1) is 17.1 Å². The van der Waals surface area contributed by atoms with Gasteiger partial charge in [0.25, 0.3) is 0 Å². The molecular weight excluding hydrogens is 705 g/mol. The average Bonchev–Trinajstić information content (AvgIpc) is 3.92. The summed E-state index contributed by atoms with van der Waals surface area (Å²) in [6.07, 6.45) is 21.8. The highest BCUT2D eigenvalue weighted by Gasteiger charge is 2.34. The summed E-state index contributed by atoms with van der Waals surface area (Å²) in [5, 5.41) is 11.9. The van der Waals surface area contributed by atoms with E-state index in [1.54, 1.807) is 0 Å². The van der Waals surface area contributed by atoms with Crippen LogP contribution in [0.1, 0.15) is 17.9 Å². The molecule has 3 aromatic heterocycles. The molecule has 3 aliphatic rings. The molecule has 9 aromatic rings. The molecule has 0 radical (unpaired) electrons. The van der Waals surface area contributed by atoms with E-state index >= 15 is 0 Å². The number of benzene rings is 6. The Labute approximate surface area is 327 Å². The highest BCUT2D eigenvalue weighted by Crippen LogP contribution is 2.46. The molecule has 0 fully saturated rings. The minimum Gasteiger partial charge on any atom is -0.381 e. The molecule has 4 unspecified atom stereocenters. The first-order chi connectivity index (χ1) is 27.2. The van der Waals surface area contributed by atoms with Crippen molar-refractivity contribution in [3.8, 4) is 16.8 Å². The van der Waals surface area contributed by atoms with Crippen LogP contribution in [0.2, 0.25) is 0 Å². The van der Waals surface area contributed by atoms with Gasteiger partial charge in [0.15, 0.2) is 0 Å². The van der Waals surface area contributed by atoms with Crippen molar-refractivity contribution in [2.24, 2.45) is 11.8 Å². The second-order valence-electron chi connectivity index (χ2n) is 15.2. The molecule has 6 aromatic carbocycles. The Morgan fingerprint density at radius 1 is 0.545 bits per heavy atom. The highest BCUT2D eigenvalue weighted by atomic mass is 32.1. The Morgan fingerprint density at radius 2 is 1.27 bits per heavy atom. The van der Waals surface area contributed by atoms with Gasteiger partial charge in [-0.05, 0) is 71.6 Å². The Balaban J connectivity index is 0.937. The van der Waals surface area contributed by atoms with Crippen molar-refractivity contribution >= 4 is 84.8 Å². The third kappa shape index (κ3) is 4.91. The summed E-state index contributed by atoms with van der Waals surface area (Å²) in [5.74, 6) is 1.07. The number of fused-ring (bicyclic) bond motifs is 10. The average molecular weight is 741 g/mol. The van der Waals surface area contributed by atoms with Crippen molar-refractivity contribution in [3.63, 3.8) is 0 Å². The van der Waals surface area contributed by atoms with Gasteiger partial charge in [0, 0.05) is 80.3 Å². The second-order valence-corrected chi connectivity index (χ2v) is 17.4. The van der Waals surface area contributed by atoms with Crippen LogP contribution in [0.25, 0.3) is 79.0 Å². The fraction of sp³-hybridized carbons (Fsp3) is 0.0980. The van der Waals surface area contributed by atoms with Crippen LogP contribution in [-0.2, 0) is 0 Å². The highest BCUT2D eigenvalue weighted by molar-refractivity contribution is 7.26. The molecule has 2 aliphatic carbocycles. The third-order valence-electron chi connectivity index (χ3n) is 12.2. The Morgan fingerprint density at radius 3 is 2.07 bits per heavy atom. The summed E-state index contributed by atoms with van der Waals surface area (Å²) in [6.45, 7) is 0. The summed E-state index contributed by atoms with van der Waals surface area (Å²) in [7, 11) is 0. The fourth-order valence-corrected chi connectivity index (χ4v) is 11.9. The molecule has 0 amide bonds. The van der Waals surface area contributed by atoms with Gasteiger partial charge in [0.1, 0.15) is 0 Å². The number of thiophene rings is 2. The van der Waals surface area contributed by atoms with E-state index in [9.17, 15) is 0 Å². The first kappa shape index (κ1) is 31.4. The Bertz CT molecular complexity index is 3140. The largest absolute Gasteiger partial charge is 0.381 e. The van der Waals surface area contributed by atoms with Gasteiger partial charge in [-0.15, -0.1) is 22.7 Å². The van der Waals surface area contributed by atoms with Crippen LogP contribution in [-0.4, -0.2) is 10.6 Å². The summed E-state index contributed by atoms with van der Waals surface area (Å²) in [5.41, 5.74) is 9.02. The molecule has 262 valence electrons. The number of allylic oxidation sites excluding steroid dienone is 7.